The van der Waals surface area contributed by atoms with E-state index >= 15 is 0 Å². The molecule has 1 atom stereocenters. The molecule has 0 aliphatic rings. The molecule has 0 aliphatic carbocycles. The summed E-state index contributed by atoms with van der Waals surface area (Å²) in [6.07, 6.45) is -0.493. The first-order valence-corrected chi connectivity index (χ1v) is 3.80. The third-order valence-corrected chi connectivity index (χ3v) is 1.58. The van der Waals surface area contributed by atoms with Gasteiger partial charge in [0.2, 0.25) is 5.95 Å². The lowest BCUT2D eigenvalue weighted by molar-refractivity contribution is -0.137. The molecule has 0 radical (unpaired) electrons. The standard InChI is InChI=1S/C8H8F2N2O2/c9-4-1-2-6(10)12-8(4)5(11)3-7(13)14/h1-2,5H,3,11H2,(H,13,14). The van der Waals surface area contributed by atoms with Crippen LogP contribution in [0.1, 0.15) is 18.2 Å². The van der Waals surface area contributed by atoms with Gasteiger partial charge in [0.25, 0.3) is 0 Å². The molecule has 0 amide bonds. The Morgan fingerprint density at radius 3 is 2.79 bits per heavy atom. The van der Waals surface area contributed by atoms with Crippen LogP contribution in [-0.4, -0.2) is 16.1 Å². The summed E-state index contributed by atoms with van der Waals surface area (Å²) in [6.45, 7) is 0. The van der Waals surface area contributed by atoms with Crippen molar-refractivity contribution in [2.45, 2.75) is 12.5 Å². The summed E-state index contributed by atoms with van der Waals surface area (Å²) in [4.78, 5) is 13.5. The first-order valence-electron chi connectivity index (χ1n) is 3.80. The Labute approximate surface area is 78.4 Å². The van der Waals surface area contributed by atoms with Crippen molar-refractivity contribution in [1.29, 1.82) is 0 Å². The van der Waals surface area contributed by atoms with Gasteiger partial charge in [0.05, 0.1) is 18.2 Å². The predicted molar refractivity (Wildman–Crippen MR) is 43.3 cm³/mol. The Bertz CT molecular complexity index is 357. The second-order valence-corrected chi connectivity index (χ2v) is 2.71. The summed E-state index contributed by atoms with van der Waals surface area (Å²) in [5.74, 6) is -2.88. The third-order valence-electron chi connectivity index (χ3n) is 1.58. The third kappa shape index (κ3) is 2.46. The Morgan fingerprint density at radius 1 is 1.57 bits per heavy atom. The number of nitrogens with zero attached hydrogens (tertiary/aromatic N) is 1. The van der Waals surface area contributed by atoms with E-state index in [9.17, 15) is 13.6 Å². The Morgan fingerprint density at radius 2 is 2.21 bits per heavy atom. The second-order valence-electron chi connectivity index (χ2n) is 2.71. The molecule has 1 heterocycles. The Balaban J connectivity index is 2.93. The molecule has 0 aliphatic heterocycles. The van der Waals surface area contributed by atoms with Crippen LogP contribution in [0.15, 0.2) is 12.1 Å². The monoisotopic (exact) mass is 202 g/mol. The van der Waals surface area contributed by atoms with Crippen LogP contribution in [-0.2, 0) is 4.79 Å². The number of carbonyl (C=O) groups is 1. The molecule has 1 aromatic heterocycles. The zero-order chi connectivity index (χ0) is 10.7. The van der Waals surface area contributed by atoms with Gasteiger partial charge in [-0.05, 0) is 12.1 Å². The summed E-state index contributed by atoms with van der Waals surface area (Å²) in [5.41, 5.74) is 4.95. The maximum atomic E-state index is 13.0. The van der Waals surface area contributed by atoms with Crippen molar-refractivity contribution < 1.29 is 18.7 Å². The van der Waals surface area contributed by atoms with Crippen LogP contribution in [0.25, 0.3) is 0 Å². The van der Waals surface area contributed by atoms with Crippen molar-refractivity contribution in [2.24, 2.45) is 5.73 Å². The molecule has 0 saturated heterocycles. The number of rotatable bonds is 3. The molecule has 4 nitrogen and oxygen atoms in total. The summed E-state index contributed by atoms with van der Waals surface area (Å²) in [6, 6.07) is 0.564. The maximum Gasteiger partial charge on any atom is 0.305 e. The lowest BCUT2D eigenvalue weighted by Crippen LogP contribution is -2.18. The average molecular weight is 202 g/mol. The largest absolute Gasteiger partial charge is 0.481 e. The molecule has 0 bridgehead atoms. The van der Waals surface area contributed by atoms with Crippen molar-refractivity contribution in [2.75, 3.05) is 0 Å². The molecule has 3 N–H and O–H groups in total. The number of carboxylic acid groups (broad SMARTS) is 1. The van der Waals surface area contributed by atoms with Crippen LogP contribution < -0.4 is 5.73 Å². The average Bonchev–Trinajstić information content (AvgIpc) is 2.08. The van der Waals surface area contributed by atoms with Gasteiger partial charge in [0.15, 0.2) is 0 Å². The quantitative estimate of drug-likeness (QED) is 0.712. The molecule has 0 fully saturated rings. The number of carboxylic acids is 1. The van der Waals surface area contributed by atoms with Crippen molar-refractivity contribution in [3.05, 3.63) is 29.6 Å². The van der Waals surface area contributed by atoms with Gasteiger partial charge in [-0.15, -0.1) is 0 Å². The van der Waals surface area contributed by atoms with E-state index in [2.05, 4.69) is 4.98 Å². The lowest BCUT2D eigenvalue weighted by atomic mass is 10.1. The van der Waals surface area contributed by atoms with E-state index < -0.39 is 30.2 Å². The molecule has 0 aromatic carbocycles. The molecule has 1 aromatic rings. The topological polar surface area (TPSA) is 76.2 Å². The molecule has 14 heavy (non-hydrogen) atoms. The van der Waals surface area contributed by atoms with Gasteiger partial charge in [-0.3, -0.25) is 4.79 Å². The summed E-state index contributed by atoms with van der Waals surface area (Å²) < 4.78 is 25.5. The van der Waals surface area contributed by atoms with Crippen LogP contribution in [0, 0.1) is 11.8 Å². The number of aliphatic carboxylic acids is 1. The fourth-order valence-corrected chi connectivity index (χ4v) is 0.978. The Hall–Kier alpha value is -1.56. The fraction of sp³-hybridized carbons (Fsp3) is 0.250. The van der Waals surface area contributed by atoms with Gasteiger partial charge < -0.3 is 10.8 Å². The number of nitrogens with two attached hydrogens (primary N) is 1. The minimum atomic E-state index is -1.19. The molecule has 0 spiro atoms. The molecular formula is C8H8F2N2O2. The van der Waals surface area contributed by atoms with Gasteiger partial charge >= 0.3 is 5.97 Å². The highest BCUT2D eigenvalue weighted by Gasteiger charge is 2.17. The van der Waals surface area contributed by atoms with E-state index in [-0.39, 0.29) is 5.69 Å². The van der Waals surface area contributed by atoms with Gasteiger partial charge in [0, 0.05) is 0 Å². The van der Waals surface area contributed by atoms with E-state index in [1.165, 1.54) is 0 Å². The Kier molecular flexibility index (Phi) is 3.08. The van der Waals surface area contributed by atoms with Gasteiger partial charge in [0.1, 0.15) is 5.82 Å². The van der Waals surface area contributed by atoms with Crippen LogP contribution in [0.4, 0.5) is 8.78 Å². The highest BCUT2D eigenvalue weighted by atomic mass is 19.1. The summed E-state index contributed by atoms with van der Waals surface area (Å²) in [5, 5.41) is 8.38. The van der Waals surface area contributed by atoms with Gasteiger partial charge in [-0.25, -0.2) is 9.37 Å². The molecule has 1 rings (SSSR count). The van der Waals surface area contributed by atoms with E-state index in [1.54, 1.807) is 0 Å². The van der Waals surface area contributed by atoms with E-state index in [0.29, 0.717) is 0 Å². The van der Waals surface area contributed by atoms with Crippen molar-refractivity contribution in [3.63, 3.8) is 0 Å². The lowest BCUT2D eigenvalue weighted by Gasteiger charge is -2.08. The number of hydrogen-bond donors (Lipinski definition) is 2. The predicted octanol–water partition coefficient (Wildman–Crippen LogP) is 0.834. The molecule has 0 saturated carbocycles. The minimum Gasteiger partial charge on any atom is -0.481 e. The highest BCUT2D eigenvalue weighted by molar-refractivity contribution is 5.67. The molecule has 6 heteroatoms. The van der Waals surface area contributed by atoms with Crippen LogP contribution in [0.3, 0.4) is 0 Å². The fourth-order valence-electron chi connectivity index (χ4n) is 0.978. The van der Waals surface area contributed by atoms with Gasteiger partial charge in [-0.2, -0.15) is 4.39 Å². The van der Waals surface area contributed by atoms with Crippen LogP contribution in [0.5, 0.6) is 0 Å². The zero-order valence-electron chi connectivity index (χ0n) is 7.08. The van der Waals surface area contributed by atoms with Crippen molar-refractivity contribution in [1.82, 2.24) is 4.98 Å². The summed E-state index contributed by atoms with van der Waals surface area (Å²) in [7, 11) is 0. The van der Waals surface area contributed by atoms with E-state index in [1.807, 2.05) is 0 Å². The SMILES string of the molecule is NC(CC(=O)O)c1nc(F)ccc1F. The van der Waals surface area contributed by atoms with Crippen molar-refractivity contribution in [3.8, 4) is 0 Å². The second kappa shape index (κ2) is 4.10. The van der Waals surface area contributed by atoms with E-state index in [4.69, 9.17) is 10.8 Å². The number of pyridine rings is 1. The molecule has 1 unspecified atom stereocenters. The first-order chi connectivity index (χ1) is 6.50. The van der Waals surface area contributed by atoms with Gasteiger partial charge in [-0.1, -0.05) is 0 Å². The van der Waals surface area contributed by atoms with Crippen molar-refractivity contribution >= 4 is 5.97 Å². The highest BCUT2D eigenvalue weighted by Crippen LogP contribution is 2.15. The number of halogens is 2. The van der Waals surface area contributed by atoms with E-state index in [0.717, 1.165) is 12.1 Å². The number of aromatic nitrogens is 1. The summed E-state index contributed by atoms with van der Waals surface area (Å²) >= 11 is 0. The minimum absolute atomic E-state index is 0.368. The zero-order valence-corrected chi connectivity index (χ0v) is 7.08. The molecule has 76 valence electrons. The number of hydrogen-bond acceptors (Lipinski definition) is 3. The normalized spacial score (nSPS) is 12.5. The van der Waals surface area contributed by atoms with Crippen LogP contribution in [0.2, 0.25) is 0 Å². The smallest absolute Gasteiger partial charge is 0.305 e. The molecular weight excluding hydrogens is 194 g/mol. The first kappa shape index (κ1) is 10.5. The van der Waals surface area contributed by atoms with Crippen LogP contribution >= 0.6 is 0 Å². The maximum absolute atomic E-state index is 13.0.